The third kappa shape index (κ3) is 3.15. The minimum absolute atomic E-state index is 0.271. The summed E-state index contributed by atoms with van der Waals surface area (Å²) in [5.41, 5.74) is 1.10. The minimum atomic E-state index is 0.271. The van der Waals surface area contributed by atoms with Crippen LogP contribution in [0.25, 0.3) is 0 Å². The van der Waals surface area contributed by atoms with Gasteiger partial charge in [0.25, 0.3) is 0 Å². The molecule has 3 unspecified atom stereocenters. The molecule has 1 aromatic carbocycles. The van der Waals surface area contributed by atoms with Crippen LogP contribution in [0.2, 0.25) is 10.0 Å². The zero-order valence-electron chi connectivity index (χ0n) is 10.3. The van der Waals surface area contributed by atoms with E-state index >= 15 is 0 Å². The number of halogens is 2. The monoisotopic (exact) mass is 271 g/mol. The second-order valence-electron chi connectivity index (χ2n) is 4.92. The maximum absolute atomic E-state index is 6.22. The van der Waals surface area contributed by atoms with E-state index in [-0.39, 0.29) is 6.04 Å². The summed E-state index contributed by atoms with van der Waals surface area (Å²) in [5.74, 6) is 0.861. The summed E-state index contributed by atoms with van der Waals surface area (Å²) in [6.07, 6.45) is 3.90. The Hall–Kier alpha value is -0.240. The summed E-state index contributed by atoms with van der Waals surface area (Å²) < 4.78 is 0. The molecule has 1 saturated carbocycles. The number of benzene rings is 1. The molecule has 0 aromatic heterocycles. The van der Waals surface area contributed by atoms with Crippen molar-refractivity contribution in [3.8, 4) is 0 Å². The van der Waals surface area contributed by atoms with Crippen LogP contribution < -0.4 is 5.32 Å². The molecular formula is C14H19Cl2N. The normalized spacial score (nSPS) is 24.7. The van der Waals surface area contributed by atoms with E-state index in [0.29, 0.717) is 16.1 Å². The Bertz CT molecular complexity index is 392. The van der Waals surface area contributed by atoms with Crippen molar-refractivity contribution in [2.24, 2.45) is 5.92 Å². The zero-order chi connectivity index (χ0) is 12.4. The van der Waals surface area contributed by atoms with Crippen molar-refractivity contribution in [1.82, 2.24) is 5.32 Å². The van der Waals surface area contributed by atoms with Gasteiger partial charge in [-0.25, -0.2) is 0 Å². The van der Waals surface area contributed by atoms with Crippen molar-refractivity contribution in [3.63, 3.8) is 0 Å². The summed E-state index contributed by atoms with van der Waals surface area (Å²) in [6, 6.07) is 6.77. The van der Waals surface area contributed by atoms with Crippen LogP contribution in [0.4, 0.5) is 0 Å². The van der Waals surface area contributed by atoms with E-state index in [9.17, 15) is 0 Å². The Morgan fingerprint density at radius 1 is 1.41 bits per heavy atom. The highest BCUT2D eigenvalue weighted by Gasteiger charge is 2.36. The second kappa shape index (κ2) is 5.60. The van der Waals surface area contributed by atoms with Crippen molar-refractivity contribution >= 4 is 23.2 Å². The predicted octanol–water partition coefficient (Wildman–Crippen LogP) is 4.83. The highest BCUT2D eigenvalue weighted by molar-refractivity contribution is 6.42. The fourth-order valence-corrected chi connectivity index (χ4v) is 2.88. The largest absolute Gasteiger partial charge is 0.307 e. The molecule has 1 aliphatic carbocycles. The van der Waals surface area contributed by atoms with Gasteiger partial charge >= 0.3 is 0 Å². The zero-order valence-corrected chi connectivity index (χ0v) is 11.9. The topological polar surface area (TPSA) is 12.0 Å². The summed E-state index contributed by atoms with van der Waals surface area (Å²) in [4.78, 5) is 0. The average molecular weight is 272 g/mol. The first-order chi connectivity index (χ1) is 8.13. The first kappa shape index (κ1) is 13.2. The van der Waals surface area contributed by atoms with Gasteiger partial charge in [-0.1, -0.05) is 48.7 Å². The van der Waals surface area contributed by atoms with Crippen LogP contribution in [-0.2, 0) is 0 Å². The van der Waals surface area contributed by atoms with Crippen LogP contribution in [-0.4, -0.2) is 6.04 Å². The van der Waals surface area contributed by atoms with Crippen LogP contribution in [0.1, 0.15) is 44.7 Å². The Balaban J connectivity index is 1.96. The van der Waals surface area contributed by atoms with Crippen LogP contribution in [0.3, 0.4) is 0 Å². The van der Waals surface area contributed by atoms with Gasteiger partial charge in [-0.2, -0.15) is 0 Å². The number of hydrogen-bond donors (Lipinski definition) is 1. The minimum Gasteiger partial charge on any atom is -0.307 e. The fraction of sp³-hybridized carbons (Fsp3) is 0.571. The fourth-order valence-electron chi connectivity index (χ4n) is 2.41. The molecule has 0 spiro atoms. The molecule has 0 amide bonds. The van der Waals surface area contributed by atoms with E-state index in [1.54, 1.807) is 0 Å². The molecule has 1 N–H and O–H groups in total. The molecule has 3 atom stereocenters. The lowest BCUT2D eigenvalue weighted by Gasteiger charge is -2.16. The van der Waals surface area contributed by atoms with Gasteiger partial charge in [0.15, 0.2) is 0 Å². The van der Waals surface area contributed by atoms with E-state index in [4.69, 9.17) is 23.2 Å². The molecule has 0 radical (unpaired) electrons. The van der Waals surface area contributed by atoms with Gasteiger partial charge in [0.1, 0.15) is 0 Å². The van der Waals surface area contributed by atoms with E-state index in [2.05, 4.69) is 19.2 Å². The van der Waals surface area contributed by atoms with Gasteiger partial charge < -0.3 is 5.32 Å². The average Bonchev–Trinajstić information content (AvgIpc) is 3.01. The summed E-state index contributed by atoms with van der Waals surface area (Å²) >= 11 is 12.2. The number of nitrogens with one attached hydrogen (secondary N) is 1. The molecule has 0 bridgehead atoms. The molecule has 2 rings (SSSR count). The standard InChI is InChI=1S/C14H19Cl2N/c1-3-5-10-8-13(10)17-9(2)11-6-4-7-12(15)14(11)16/h4,6-7,9-10,13,17H,3,5,8H2,1-2H3. The lowest BCUT2D eigenvalue weighted by atomic mass is 10.1. The Morgan fingerprint density at radius 2 is 2.18 bits per heavy atom. The SMILES string of the molecule is CCCC1CC1NC(C)c1cccc(Cl)c1Cl. The van der Waals surface area contributed by atoms with E-state index in [0.717, 1.165) is 11.5 Å². The van der Waals surface area contributed by atoms with Crippen molar-refractivity contribution in [2.45, 2.75) is 45.2 Å². The van der Waals surface area contributed by atoms with Gasteiger partial charge in [-0.3, -0.25) is 0 Å². The summed E-state index contributed by atoms with van der Waals surface area (Å²) in [5, 5.41) is 4.95. The number of rotatable bonds is 5. The summed E-state index contributed by atoms with van der Waals surface area (Å²) in [7, 11) is 0. The van der Waals surface area contributed by atoms with Crippen molar-refractivity contribution in [1.29, 1.82) is 0 Å². The molecule has 0 saturated heterocycles. The lowest BCUT2D eigenvalue weighted by molar-refractivity contribution is 0.530. The van der Waals surface area contributed by atoms with Gasteiger partial charge in [-0.05, 0) is 37.3 Å². The molecular weight excluding hydrogens is 253 g/mol. The number of hydrogen-bond acceptors (Lipinski definition) is 1. The van der Waals surface area contributed by atoms with Crippen molar-refractivity contribution in [3.05, 3.63) is 33.8 Å². The Kier molecular flexibility index (Phi) is 4.35. The van der Waals surface area contributed by atoms with Gasteiger partial charge in [0.2, 0.25) is 0 Å². The van der Waals surface area contributed by atoms with Gasteiger partial charge in [-0.15, -0.1) is 0 Å². The predicted molar refractivity (Wildman–Crippen MR) is 74.8 cm³/mol. The van der Waals surface area contributed by atoms with Gasteiger partial charge in [0.05, 0.1) is 10.0 Å². The van der Waals surface area contributed by atoms with Crippen LogP contribution >= 0.6 is 23.2 Å². The first-order valence-electron chi connectivity index (χ1n) is 6.33. The van der Waals surface area contributed by atoms with E-state index in [1.807, 2.05) is 18.2 Å². The van der Waals surface area contributed by atoms with Crippen LogP contribution in [0, 0.1) is 5.92 Å². The van der Waals surface area contributed by atoms with Crippen LogP contribution in [0.15, 0.2) is 18.2 Å². The quantitative estimate of drug-likeness (QED) is 0.809. The maximum atomic E-state index is 6.22. The molecule has 0 aliphatic heterocycles. The third-order valence-electron chi connectivity index (χ3n) is 3.49. The maximum Gasteiger partial charge on any atom is 0.0639 e. The second-order valence-corrected chi connectivity index (χ2v) is 5.71. The highest BCUT2D eigenvalue weighted by Crippen LogP contribution is 2.37. The molecule has 1 aromatic rings. The molecule has 1 fully saturated rings. The smallest absolute Gasteiger partial charge is 0.0639 e. The molecule has 94 valence electrons. The molecule has 17 heavy (non-hydrogen) atoms. The third-order valence-corrected chi connectivity index (χ3v) is 4.33. The van der Waals surface area contributed by atoms with Crippen molar-refractivity contribution in [2.75, 3.05) is 0 Å². The van der Waals surface area contributed by atoms with Crippen molar-refractivity contribution < 1.29 is 0 Å². The van der Waals surface area contributed by atoms with E-state index in [1.165, 1.54) is 19.3 Å². The molecule has 0 heterocycles. The highest BCUT2D eigenvalue weighted by atomic mass is 35.5. The Labute approximate surface area is 114 Å². The van der Waals surface area contributed by atoms with Crippen LogP contribution in [0.5, 0.6) is 0 Å². The van der Waals surface area contributed by atoms with Gasteiger partial charge in [0, 0.05) is 12.1 Å². The van der Waals surface area contributed by atoms with E-state index < -0.39 is 0 Å². The first-order valence-corrected chi connectivity index (χ1v) is 7.09. The molecule has 1 nitrogen and oxygen atoms in total. The summed E-state index contributed by atoms with van der Waals surface area (Å²) in [6.45, 7) is 4.39. The Morgan fingerprint density at radius 3 is 2.88 bits per heavy atom. The molecule has 3 heteroatoms. The molecule has 1 aliphatic rings. The lowest BCUT2D eigenvalue weighted by Crippen LogP contribution is -2.22.